The van der Waals surface area contributed by atoms with Crippen LogP contribution in [0.5, 0.6) is 0 Å². The van der Waals surface area contributed by atoms with Gasteiger partial charge in [0.15, 0.2) is 0 Å². The molecule has 0 N–H and O–H groups in total. The first kappa shape index (κ1) is 9.39. The van der Waals surface area contributed by atoms with Gasteiger partial charge in [0.25, 0.3) is 0 Å². The molecule has 1 radical (unpaired) electrons. The van der Waals surface area contributed by atoms with Crippen LogP contribution in [0.25, 0.3) is 0 Å². The van der Waals surface area contributed by atoms with E-state index in [1.807, 2.05) is 0 Å². The molecule has 0 unspecified atom stereocenters. The van der Waals surface area contributed by atoms with Crippen molar-refractivity contribution >= 4 is 0 Å². The van der Waals surface area contributed by atoms with E-state index >= 15 is 0 Å². The highest BCUT2D eigenvalue weighted by molar-refractivity contribution is 5.00. The lowest BCUT2D eigenvalue weighted by Crippen LogP contribution is -2.33. The minimum absolute atomic E-state index is 0.299. The van der Waals surface area contributed by atoms with Crippen LogP contribution in [-0.2, 0) is 0 Å². The molecule has 0 heterocycles. The lowest BCUT2D eigenvalue weighted by molar-refractivity contribution is -0.259. The quantitative estimate of drug-likeness (QED) is 0.516. The number of rotatable bonds is 1. The number of alkyl halides is 5. The standard InChI is InChI=1S/C5H4F5/c1-2-3-4(6,7)5(8,9)10/h2-3H,1H2/b3-2+. The Morgan fingerprint density at radius 3 is 1.50 bits per heavy atom. The number of hydrogen-bond acceptors (Lipinski definition) is 0. The molecule has 0 saturated carbocycles. The maximum Gasteiger partial charge on any atom is 0.457 e. The maximum atomic E-state index is 11.7. The van der Waals surface area contributed by atoms with Crippen molar-refractivity contribution < 1.29 is 22.0 Å². The van der Waals surface area contributed by atoms with E-state index in [9.17, 15) is 22.0 Å². The van der Waals surface area contributed by atoms with Gasteiger partial charge in [0.1, 0.15) is 0 Å². The number of halogens is 5. The maximum absolute atomic E-state index is 11.7. The largest absolute Gasteiger partial charge is 0.457 e. The van der Waals surface area contributed by atoms with Crippen molar-refractivity contribution in [1.29, 1.82) is 0 Å². The molecule has 5 heteroatoms. The summed E-state index contributed by atoms with van der Waals surface area (Å²) in [6.07, 6.45) is -5.40. The molecule has 0 rings (SSSR count). The molecule has 59 valence electrons. The average molecular weight is 159 g/mol. The summed E-state index contributed by atoms with van der Waals surface area (Å²) >= 11 is 0. The van der Waals surface area contributed by atoms with Crippen LogP contribution in [0.4, 0.5) is 22.0 Å². The van der Waals surface area contributed by atoms with E-state index in [1.165, 1.54) is 0 Å². The van der Waals surface area contributed by atoms with E-state index in [0.717, 1.165) is 0 Å². The highest BCUT2D eigenvalue weighted by Gasteiger charge is 2.55. The van der Waals surface area contributed by atoms with Crippen molar-refractivity contribution in [2.45, 2.75) is 12.1 Å². The second kappa shape index (κ2) is 2.56. The van der Waals surface area contributed by atoms with Gasteiger partial charge in [0.05, 0.1) is 0 Å². The summed E-state index contributed by atoms with van der Waals surface area (Å²) in [5.74, 6) is -4.76. The van der Waals surface area contributed by atoms with Crippen LogP contribution >= 0.6 is 0 Å². The zero-order chi connectivity index (χ0) is 8.41. The number of hydrogen-bond donors (Lipinski definition) is 0. The van der Waals surface area contributed by atoms with Gasteiger partial charge in [-0.25, -0.2) is 0 Å². The molecule has 0 aromatic rings. The molecule has 0 atom stereocenters. The van der Waals surface area contributed by atoms with E-state index in [-0.39, 0.29) is 6.08 Å². The van der Waals surface area contributed by atoms with E-state index in [2.05, 4.69) is 6.92 Å². The Morgan fingerprint density at radius 2 is 1.40 bits per heavy atom. The van der Waals surface area contributed by atoms with Crippen LogP contribution in [0.2, 0.25) is 0 Å². The first-order valence-corrected chi connectivity index (χ1v) is 2.23. The monoisotopic (exact) mass is 159 g/mol. The molecule has 0 spiro atoms. The van der Waals surface area contributed by atoms with Gasteiger partial charge in [-0.05, 0) is 13.0 Å². The molecule has 0 aliphatic carbocycles. The van der Waals surface area contributed by atoms with Crippen LogP contribution in [0.15, 0.2) is 12.2 Å². The van der Waals surface area contributed by atoms with Crippen LogP contribution in [-0.4, -0.2) is 12.1 Å². The minimum Gasteiger partial charge on any atom is -0.192 e. The fourth-order valence-corrected chi connectivity index (χ4v) is 0.243. The first-order valence-electron chi connectivity index (χ1n) is 2.23. The van der Waals surface area contributed by atoms with Gasteiger partial charge in [-0.1, -0.05) is 6.08 Å². The SMILES string of the molecule is [CH2]/C=C/C(F)(F)C(F)(F)F. The van der Waals surface area contributed by atoms with Crippen molar-refractivity contribution in [3.05, 3.63) is 19.1 Å². The van der Waals surface area contributed by atoms with Gasteiger partial charge in [0, 0.05) is 0 Å². The topological polar surface area (TPSA) is 0 Å². The van der Waals surface area contributed by atoms with Gasteiger partial charge in [0.2, 0.25) is 0 Å². The Labute approximate surface area is 54.3 Å². The molecule has 0 aromatic carbocycles. The molecular weight excluding hydrogens is 155 g/mol. The lowest BCUT2D eigenvalue weighted by Gasteiger charge is -2.14. The third kappa shape index (κ3) is 1.97. The second-order valence-corrected chi connectivity index (χ2v) is 1.52. The molecule has 0 aromatic heterocycles. The van der Waals surface area contributed by atoms with Crippen molar-refractivity contribution in [1.82, 2.24) is 0 Å². The predicted octanol–water partition coefficient (Wildman–Crippen LogP) is 2.57. The summed E-state index contributed by atoms with van der Waals surface area (Å²) < 4.78 is 56.9. The molecule has 10 heavy (non-hydrogen) atoms. The molecular formula is C5H4F5. The van der Waals surface area contributed by atoms with Gasteiger partial charge >= 0.3 is 12.1 Å². The predicted molar refractivity (Wildman–Crippen MR) is 25.5 cm³/mol. The van der Waals surface area contributed by atoms with E-state index in [4.69, 9.17) is 0 Å². The molecule has 0 aliphatic heterocycles. The fourth-order valence-electron chi connectivity index (χ4n) is 0.243. The smallest absolute Gasteiger partial charge is 0.192 e. The van der Waals surface area contributed by atoms with Gasteiger partial charge in [-0.3, -0.25) is 0 Å². The third-order valence-corrected chi connectivity index (χ3v) is 0.705. The van der Waals surface area contributed by atoms with Gasteiger partial charge < -0.3 is 0 Å². The Hall–Kier alpha value is -0.610. The van der Waals surface area contributed by atoms with Crippen LogP contribution in [0, 0.1) is 6.92 Å². The van der Waals surface area contributed by atoms with Crippen LogP contribution < -0.4 is 0 Å². The summed E-state index contributed by atoms with van der Waals surface area (Å²) in [7, 11) is 0. The summed E-state index contributed by atoms with van der Waals surface area (Å²) in [4.78, 5) is 0. The van der Waals surface area contributed by atoms with Gasteiger partial charge in [-0.2, -0.15) is 22.0 Å². The molecule has 0 bridgehead atoms. The number of allylic oxidation sites excluding steroid dienone is 2. The van der Waals surface area contributed by atoms with Crippen molar-refractivity contribution in [3.63, 3.8) is 0 Å². The highest BCUT2D eigenvalue weighted by Crippen LogP contribution is 2.36. The highest BCUT2D eigenvalue weighted by atomic mass is 19.4. The summed E-state index contributed by atoms with van der Waals surface area (Å²) in [6.45, 7) is 2.72. The van der Waals surface area contributed by atoms with Crippen molar-refractivity contribution in [2.75, 3.05) is 0 Å². The minimum atomic E-state index is -5.51. The lowest BCUT2D eigenvalue weighted by atomic mass is 10.3. The normalized spacial score (nSPS) is 14.6. The zero-order valence-corrected chi connectivity index (χ0v) is 4.75. The second-order valence-electron chi connectivity index (χ2n) is 1.52. The van der Waals surface area contributed by atoms with Gasteiger partial charge in [-0.15, -0.1) is 0 Å². The Balaban J connectivity index is 4.40. The van der Waals surface area contributed by atoms with E-state index in [1.54, 1.807) is 0 Å². The zero-order valence-electron chi connectivity index (χ0n) is 4.75. The molecule has 0 nitrogen and oxygen atoms in total. The molecule has 0 saturated heterocycles. The summed E-state index contributed by atoms with van der Waals surface area (Å²) in [5, 5.41) is 0. The van der Waals surface area contributed by atoms with E-state index in [0.29, 0.717) is 6.08 Å². The Kier molecular flexibility index (Phi) is 2.40. The van der Waals surface area contributed by atoms with Crippen LogP contribution in [0.3, 0.4) is 0 Å². The van der Waals surface area contributed by atoms with Crippen LogP contribution in [0.1, 0.15) is 0 Å². The molecule has 0 aliphatic rings. The molecule has 0 amide bonds. The Morgan fingerprint density at radius 1 is 1.00 bits per heavy atom. The third-order valence-electron chi connectivity index (χ3n) is 0.705. The fraction of sp³-hybridized carbons (Fsp3) is 0.400. The summed E-state index contributed by atoms with van der Waals surface area (Å²) in [5.41, 5.74) is 0. The first-order chi connectivity index (χ1) is 4.31. The van der Waals surface area contributed by atoms with E-state index < -0.39 is 12.1 Å². The van der Waals surface area contributed by atoms with Crippen molar-refractivity contribution in [3.8, 4) is 0 Å². The van der Waals surface area contributed by atoms with Crippen molar-refractivity contribution in [2.24, 2.45) is 0 Å². The molecule has 0 fully saturated rings. The Bertz CT molecular complexity index is 131. The summed E-state index contributed by atoms with van der Waals surface area (Å²) in [6, 6.07) is 0. The average Bonchev–Trinajstić information content (AvgIpc) is 1.61.